The van der Waals surface area contributed by atoms with E-state index in [0.29, 0.717) is 5.54 Å². The first-order valence-corrected chi connectivity index (χ1v) is 4.78. The zero-order valence-electron chi connectivity index (χ0n) is 8.28. The topological polar surface area (TPSA) is 12.0 Å². The van der Waals surface area contributed by atoms with Crippen LogP contribution in [-0.4, -0.2) is 12.6 Å². The molecular formula is C10H21N. The second kappa shape index (κ2) is 3.14. The molecular weight excluding hydrogens is 134 g/mol. The summed E-state index contributed by atoms with van der Waals surface area (Å²) in [5.41, 5.74) is 0.545. The molecule has 1 aliphatic carbocycles. The zero-order chi connectivity index (χ0) is 8.48. The first-order valence-electron chi connectivity index (χ1n) is 4.78. The molecule has 1 fully saturated rings. The Kier molecular flexibility index (Phi) is 2.58. The van der Waals surface area contributed by atoms with Crippen LogP contribution in [0, 0.1) is 11.8 Å². The lowest BCUT2D eigenvalue weighted by atomic mass is 9.90. The van der Waals surface area contributed by atoms with E-state index < -0.39 is 0 Å². The highest BCUT2D eigenvalue weighted by Gasteiger charge is 2.41. The molecule has 1 nitrogen and oxygen atoms in total. The van der Waals surface area contributed by atoms with Gasteiger partial charge < -0.3 is 5.32 Å². The molecule has 0 heterocycles. The molecule has 0 saturated heterocycles. The summed E-state index contributed by atoms with van der Waals surface area (Å²) >= 11 is 0. The Morgan fingerprint density at radius 1 is 1.27 bits per heavy atom. The van der Waals surface area contributed by atoms with Gasteiger partial charge in [0.1, 0.15) is 0 Å². The molecule has 0 radical (unpaired) electrons. The Morgan fingerprint density at radius 2 is 1.82 bits per heavy atom. The summed E-state index contributed by atoms with van der Waals surface area (Å²) < 4.78 is 0. The Labute approximate surface area is 70.6 Å². The maximum Gasteiger partial charge on any atom is 0.0182 e. The lowest BCUT2D eigenvalue weighted by Gasteiger charge is -2.22. The van der Waals surface area contributed by atoms with E-state index in [1.54, 1.807) is 0 Å². The molecule has 0 aromatic carbocycles. The molecule has 0 spiro atoms. The predicted octanol–water partition coefficient (Wildman–Crippen LogP) is 2.42. The fraction of sp³-hybridized carbons (Fsp3) is 1.00. The van der Waals surface area contributed by atoms with Crippen LogP contribution in [0.1, 0.15) is 40.0 Å². The molecule has 1 heteroatoms. The molecule has 0 aromatic rings. The van der Waals surface area contributed by atoms with E-state index >= 15 is 0 Å². The third-order valence-corrected chi connectivity index (χ3v) is 3.23. The van der Waals surface area contributed by atoms with E-state index in [1.165, 1.54) is 19.3 Å². The van der Waals surface area contributed by atoms with Gasteiger partial charge in [-0.05, 0) is 38.1 Å². The summed E-state index contributed by atoms with van der Waals surface area (Å²) in [4.78, 5) is 0. The largest absolute Gasteiger partial charge is 0.314 e. The molecule has 1 rings (SSSR count). The quantitative estimate of drug-likeness (QED) is 0.657. The molecule has 0 aromatic heterocycles. The third kappa shape index (κ3) is 2.19. The number of rotatable bonds is 4. The van der Waals surface area contributed by atoms with Crippen molar-refractivity contribution in [2.75, 3.05) is 7.05 Å². The van der Waals surface area contributed by atoms with Crippen molar-refractivity contribution < 1.29 is 0 Å². The summed E-state index contributed by atoms with van der Waals surface area (Å²) in [6, 6.07) is 0. The van der Waals surface area contributed by atoms with Gasteiger partial charge in [0.2, 0.25) is 0 Å². The second-order valence-electron chi connectivity index (χ2n) is 4.46. The fourth-order valence-corrected chi connectivity index (χ4v) is 1.56. The van der Waals surface area contributed by atoms with Crippen LogP contribution < -0.4 is 5.32 Å². The van der Waals surface area contributed by atoms with Crippen LogP contribution in [0.5, 0.6) is 0 Å². The minimum absolute atomic E-state index is 0.545. The van der Waals surface area contributed by atoms with Gasteiger partial charge >= 0.3 is 0 Å². The van der Waals surface area contributed by atoms with Crippen molar-refractivity contribution in [2.45, 2.75) is 45.6 Å². The standard InChI is InChI=1S/C10H21N/c1-8(2)9(3)7-10(11-4)5-6-10/h8-9,11H,5-7H2,1-4H3. The molecule has 0 amide bonds. The van der Waals surface area contributed by atoms with Crippen LogP contribution >= 0.6 is 0 Å². The number of hydrogen-bond acceptors (Lipinski definition) is 1. The van der Waals surface area contributed by atoms with E-state index in [1.807, 2.05) is 0 Å². The Hall–Kier alpha value is -0.0400. The van der Waals surface area contributed by atoms with E-state index in [0.717, 1.165) is 11.8 Å². The molecule has 0 bridgehead atoms. The minimum Gasteiger partial charge on any atom is -0.314 e. The van der Waals surface area contributed by atoms with Gasteiger partial charge in [-0.2, -0.15) is 0 Å². The monoisotopic (exact) mass is 155 g/mol. The third-order valence-electron chi connectivity index (χ3n) is 3.23. The molecule has 1 N–H and O–H groups in total. The number of nitrogens with one attached hydrogen (secondary N) is 1. The minimum atomic E-state index is 0.545. The fourth-order valence-electron chi connectivity index (χ4n) is 1.56. The van der Waals surface area contributed by atoms with Gasteiger partial charge in [-0.25, -0.2) is 0 Å². The van der Waals surface area contributed by atoms with Gasteiger partial charge in [-0.15, -0.1) is 0 Å². The van der Waals surface area contributed by atoms with Gasteiger partial charge in [-0.1, -0.05) is 20.8 Å². The molecule has 1 aliphatic rings. The molecule has 1 atom stereocenters. The number of hydrogen-bond donors (Lipinski definition) is 1. The van der Waals surface area contributed by atoms with E-state index in [-0.39, 0.29) is 0 Å². The highest BCUT2D eigenvalue weighted by molar-refractivity contribution is 5.01. The lowest BCUT2D eigenvalue weighted by Crippen LogP contribution is -2.30. The van der Waals surface area contributed by atoms with Crippen molar-refractivity contribution >= 4 is 0 Å². The van der Waals surface area contributed by atoms with E-state index in [4.69, 9.17) is 0 Å². The molecule has 0 aliphatic heterocycles. The van der Waals surface area contributed by atoms with E-state index in [2.05, 4.69) is 33.1 Å². The van der Waals surface area contributed by atoms with Gasteiger partial charge in [0.05, 0.1) is 0 Å². The smallest absolute Gasteiger partial charge is 0.0182 e. The van der Waals surface area contributed by atoms with Crippen LogP contribution in [0.15, 0.2) is 0 Å². The van der Waals surface area contributed by atoms with Crippen molar-refractivity contribution in [2.24, 2.45) is 11.8 Å². The van der Waals surface area contributed by atoms with Crippen molar-refractivity contribution in [3.05, 3.63) is 0 Å². The average molecular weight is 155 g/mol. The molecule has 1 saturated carbocycles. The van der Waals surface area contributed by atoms with Gasteiger partial charge in [0.15, 0.2) is 0 Å². The lowest BCUT2D eigenvalue weighted by molar-refractivity contribution is 0.329. The van der Waals surface area contributed by atoms with Gasteiger partial charge in [0.25, 0.3) is 0 Å². The normalized spacial score (nSPS) is 23.7. The highest BCUT2D eigenvalue weighted by atomic mass is 15.0. The Morgan fingerprint density at radius 3 is 2.09 bits per heavy atom. The summed E-state index contributed by atoms with van der Waals surface area (Å²) in [6.45, 7) is 6.99. The zero-order valence-corrected chi connectivity index (χ0v) is 8.28. The van der Waals surface area contributed by atoms with Gasteiger partial charge in [0, 0.05) is 5.54 Å². The van der Waals surface area contributed by atoms with Crippen LogP contribution in [0.25, 0.3) is 0 Å². The van der Waals surface area contributed by atoms with Crippen molar-refractivity contribution in [1.82, 2.24) is 5.32 Å². The summed E-state index contributed by atoms with van der Waals surface area (Å²) in [5, 5.41) is 3.44. The highest BCUT2D eigenvalue weighted by Crippen LogP contribution is 2.41. The SMILES string of the molecule is CNC1(CC(C)C(C)C)CC1. The molecule has 1 unspecified atom stereocenters. The Bertz CT molecular complexity index is 125. The van der Waals surface area contributed by atoms with Crippen LogP contribution in [0.4, 0.5) is 0 Å². The van der Waals surface area contributed by atoms with Gasteiger partial charge in [-0.3, -0.25) is 0 Å². The molecule has 66 valence electrons. The Balaban J connectivity index is 2.30. The average Bonchev–Trinajstić information content (AvgIpc) is 2.69. The van der Waals surface area contributed by atoms with Crippen molar-refractivity contribution in [3.63, 3.8) is 0 Å². The van der Waals surface area contributed by atoms with Crippen molar-refractivity contribution in [1.29, 1.82) is 0 Å². The van der Waals surface area contributed by atoms with Crippen molar-refractivity contribution in [3.8, 4) is 0 Å². The maximum atomic E-state index is 3.44. The van der Waals surface area contributed by atoms with E-state index in [9.17, 15) is 0 Å². The summed E-state index contributed by atoms with van der Waals surface area (Å²) in [7, 11) is 2.10. The first-order chi connectivity index (χ1) is 5.09. The predicted molar refractivity (Wildman–Crippen MR) is 49.6 cm³/mol. The summed E-state index contributed by atoms with van der Waals surface area (Å²) in [6.07, 6.45) is 4.14. The first kappa shape index (κ1) is 9.05. The van der Waals surface area contributed by atoms with Crippen LogP contribution in [0.2, 0.25) is 0 Å². The van der Waals surface area contributed by atoms with Crippen LogP contribution in [-0.2, 0) is 0 Å². The molecule has 11 heavy (non-hydrogen) atoms. The van der Waals surface area contributed by atoms with Crippen LogP contribution in [0.3, 0.4) is 0 Å². The maximum absolute atomic E-state index is 3.44. The second-order valence-corrected chi connectivity index (χ2v) is 4.46. The summed E-state index contributed by atoms with van der Waals surface area (Å²) in [5.74, 6) is 1.70.